The normalized spacial score (nSPS) is 10.4. The predicted molar refractivity (Wildman–Crippen MR) is 76.2 cm³/mol. The fourth-order valence-corrected chi connectivity index (χ4v) is 1.55. The fourth-order valence-electron chi connectivity index (χ4n) is 1.55. The summed E-state index contributed by atoms with van der Waals surface area (Å²) in [7, 11) is 1.54. The van der Waals surface area contributed by atoms with Crippen molar-refractivity contribution in [2.75, 3.05) is 7.11 Å². The summed E-state index contributed by atoms with van der Waals surface area (Å²) in [6.07, 6.45) is 1.50. The predicted octanol–water partition coefficient (Wildman–Crippen LogP) is 2.16. The maximum Gasteiger partial charge on any atom is 0.271 e. The van der Waals surface area contributed by atoms with E-state index in [1.165, 1.54) is 6.21 Å². The van der Waals surface area contributed by atoms with Crippen LogP contribution >= 0.6 is 0 Å². The SMILES string of the molecule is COc1cccc(C(=O)NN=Cc2ccc(O)cc2)c1. The third kappa shape index (κ3) is 3.58. The van der Waals surface area contributed by atoms with Gasteiger partial charge in [0.2, 0.25) is 0 Å². The van der Waals surface area contributed by atoms with Gasteiger partial charge in [-0.2, -0.15) is 5.10 Å². The molecule has 1 amide bonds. The molecule has 2 rings (SSSR count). The van der Waals surface area contributed by atoms with Crippen LogP contribution in [0.25, 0.3) is 0 Å². The van der Waals surface area contributed by atoms with E-state index in [9.17, 15) is 4.79 Å². The zero-order valence-electron chi connectivity index (χ0n) is 10.9. The van der Waals surface area contributed by atoms with Gasteiger partial charge < -0.3 is 9.84 Å². The van der Waals surface area contributed by atoms with Crippen molar-refractivity contribution in [2.24, 2.45) is 5.10 Å². The third-order valence-electron chi connectivity index (χ3n) is 2.60. The molecule has 5 heteroatoms. The van der Waals surface area contributed by atoms with Gasteiger partial charge in [0.05, 0.1) is 13.3 Å². The maximum atomic E-state index is 11.8. The minimum absolute atomic E-state index is 0.183. The lowest BCUT2D eigenvalue weighted by Gasteiger charge is -2.02. The largest absolute Gasteiger partial charge is 0.508 e. The number of benzene rings is 2. The molecule has 0 unspecified atom stereocenters. The molecule has 5 nitrogen and oxygen atoms in total. The molecule has 2 N–H and O–H groups in total. The number of phenolic OH excluding ortho intramolecular Hbond substituents is 1. The number of amides is 1. The minimum Gasteiger partial charge on any atom is -0.508 e. The summed E-state index contributed by atoms with van der Waals surface area (Å²) in [6.45, 7) is 0. The highest BCUT2D eigenvalue weighted by atomic mass is 16.5. The Kier molecular flexibility index (Phi) is 4.34. The van der Waals surface area contributed by atoms with Crippen LogP contribution in [0.5, 0.6) is 11.5 Å². The first kappa shape index (κ1) is 13.6. The zero-order valence-corrected chi connectivity index (χ0v) is 10.9. The number of hydrogen-bond donors (Lipinski definition) is 2. The number of ether oxygens (including phenoxy) is 1. The summed E-state index contributed by atoms with van der Waals surface area (Å²) < 4.78 is 5.05. The van der Waals surface area contributed by atoms with Crippen molar-refractivity contribution in [2.45, 2.75) is 0 Å². The monoisotopic (exact) mass is 270 g/mol. The summed E-state index contributed by atoms with van der Waals surface area (Å²) in [4.78, 5) is 11.8. The molecule has 2 aromatic carbocycles. The van der Waals surface area contributed by atoms with Gasteiger partial charge in [-0.3, -0.25) is 4.79 Å². The van der Waals surface area contributed by atoms with Gasteiger partial charge in [-0.15, -0.1) is 0 Å². The zero-order chi connectivity index (χ0) is 14.4. The van der Waals surface area contributed by atoms with E-state index in [0.29, 0.717) is 11.3 Å². The number of carbonyl (C=O) groups excluding carboxylic acids is 1. The lowest BCUT2D eigenvalue weighted by atomic mass is 10.2. The number of hydrazone groups is 1. The summed E-state index contributed by atoms with van der Waals surface area (Å²) in [5.74, 6) is 0.474. The Bertz CT molecular complexity index is 621. The molecule has 0 saturated heterocycles. The molecule has 0 heterocycles. The number of aromatic hydroxyl groups is 1. The van der Waals surface area contributed by atoms with Gasteiger partial charge in [-0.1, -0.05) is 6.07 Å². The Morgan fingerprint density at radius 3 is 2.70 bits per heavy atom. The molecule has 0 spiro atoms. The average Bonchev–Trinajstić information content (AvgIpc) is 2.49. The molecule has 0 atom stereocenters. The molecule has 0 fully saturated rings. The number of carbonyl (C=O) groups is 1. The van der Waals surface area contributed by atoms with Crippen LogP contribution in [0.3, 0.4) is 0 Å². The molecule has 0 aliphatic carbocycles. The molecule has 102 valence electrons. The Morgan fingerprint density at radius 2 is 2.00 bits per heavy atom. The molecule has 0 saturated carbocycles. The van der Waals surface area contributed by atoms with Gasteiger partial charge >= 0.3 is 0 Å². The Labute approximate surface area is 116 Å². The van der Waals surface area contributed by atoms with Crippen LogP contribution in [-0.4, -0.2) is 24.3 Å². The first-order valence-electron chi connectivity index (χ1n) is 5.95. The summed E-state index contributed by atoms with van der Waals surface area (Å²) in [5.41, 5.74) is 3.66. The third-order valence-corrected chi connectivity index (χ3v) is 2.60. The number of rotatable bonds is 4. The van der Waals surface area contributed by atoms with E-state index in [4.69, 9.17) is 9.84 Å². The molecular weight excluding hydrogens is 256 g/mol. The molecule has 2 aromatic rings. The smallest absolute Gasteiger partial charge is 0.271 e. The van der Waals surface area contributed by atoms with Crippen molar-refractivity contribution in [1.82, 2.24) is 5.43 Å². The second-order valence-electron chi connectivity index (χ2n) is 4.02. The maximum absolute atomic E-state index is 11.8. The average molecular weight is 270 g/mol. The van der Waals surface area contributed by atoms with Gasteiger partial charge in [0.25, 0.3) is 5.91 Å². The lowest BCUT2D eigenvalue weighted by Crippen LogP contribution is -2.17. The summed E-state index contributed by atoms with van der Waals surface area (Å²) in [6, 6.07) is 13.3. The van der Waals surface area contributed by atoms with E-state index < -0.39 is 0 Å². The number of nitrogens with zero attached hydrogens (tertiary/aromatic N) is 1. The van der Waals surface area contributed by atoms with Crippen molar-refractivity contribution in [1.29, 1.82) is 0 Å². The molecule has 0 aliphatic rings. The van der Waals surface area contributed by atoms with Gasteiger partial charge in [0.15, 0.2) is 0 Å². The fraction of sp³-hybridized carbons (Fsp3) is 0.0667. The van der Waals surface area contributed by atoms with Crippen molar-refractivity contribution < 1.29 is 14.6 Å². The van der Waals surface area contributed by atoms with Crippen LogP contribution < -0.4 is 10.2 Å². The van der Waals surface area contributed by atoms with Crippen molar-refractivity contribution in [3.63, 3.8) is 0 Å². The highest BCUT2D eigenvalue weighted by molar-refractivity contribution is 5.95. The van der Waals surface area contributed by atoms with Crippen LogP contribution in [0.15, 0.2) is 53.6 Å². The molecule has 0 radical (unpaired) electrons. The summed E-state index contributed by atoms with van der Waals surface area (Å²) in [5, 5.41) is 13.0. The lowest BCUT2D eigenvalue weighted by molar-refractivity contribution is 0.0955. The van der Waals surface area contributed by atoms with Gasteiger partial charge in [-0.25, -0.2) is 5.43 Å². The van der Waals surface area contributed by atoms with E-state index in [-0.39, 0.29) is 11.7 Å². The van der Waals surface area contributed by atoms with Gasteiger partial charge in [-0.05, 0) is 48.0 Å². The Morgan fingerprint density at radius 1 is 1.25 bits per heavy atom. The van der Waals surface area contributed by atoms with E-state index >= 15 is 0 Å². The first-order chi connectivity index (χ1) is 9.69. The minimum atomic E-state index is -0.320. The molecule has 20 heavy (non-hydrogen) atoms. The topological polar surface area (TPSA) is 70.9 Å². The van der Waals surface area contributed by atoms with Gasteiger partial charge in [0, 0.05) is 5.56 Å². The first-order valence-corrected chi connectivity index (χ1v) is 5.95. The number of hydrogen-bond acceptors (Lipinski definition) is 4. The van der Waals surface area contributed by atoms with Crippen LogP contribution in [0.2, 0.25) is 0 Å². The highest BCUT2D eigenvalue weighted by Gasteiger charge is 2.04. The van der Waals surface area contributed by atoms with E-state index in [1.807, 2.05) is 0 Å². The van der Waals surface area contributed by atoms with E-state index in [2.05, 4.69) is 10.5 Å². The highest BCUT2D eigenvalue weighted by Crippen LogP contribution is 2.12. The van der Waals surface area contributed by atoms with Crippen molar-refractivity contribution in [3.05, 3.63) is 59.7 Å². The van der Waals surface area contributed by atoms with Crippen LogP contribution in [0.4, 0.5) is 0 Å². The van der Waals surface area contributed by atoms with Crippen LogP contribution in [0.1, 0.15) is 15.9 Å². The molecular formula is C15H14N2O3. The number of phenols is 1. The molecule has 0 bridgehead atoms. The van der Waals surface area contributed by atoms with Crippen LogP contribution in [-0.2, 0) is 0 Å². The molecule has 0 aliphatic heterocycles. The quantitative estimate of drug-likeness (QED) is 0.660. The van der Waals surface area contributed by atoms with Gasteiger partial charge in [0.1, 0.15) is 11.5 Å². The Hall–Kier alpha value is -2.82. The summed E-state index contributed by atoms with van der Waals surface area (Å²) >= 11 is 0. The number of nitrogens with one attached hydrogen (secondary N) is 1. The molecule has 0 aromatic heterocycles. The standard InChI is InChI=1S/C15H14N2O3/c1-20-14-4-2-3-12(9-14)15(19)17-16-10-11-5-7-13(18)8-6-11/h2-10,18H,1H3,(H,17,19). The van der Waals surface area contributed by atoms with Crippen molar-refractivity contribution in [3.8, 4) is 11.5 Å². The van der Waals surface area contributed by atoms with Crippen LogP contribution in [0, 0.1) is 0 Å². The van der Waals surface area contributed by atoms with E-state index in [1.54, 1.807) is 55.6 Å². The Balaban J connectivity index is 1.99. The van der Waals surface area contributed by atoms with Crippen molar-refractivity contribution >= 4 is 12.1 Å². The second-order valence-corrected chi connectivity index (χ2v) is 4.02. The second kappa shape index (κ2) is 6.38. The number of methoxy groups -OCH3 is 1. The van der Waals surface area contributed by atoms with E-state index in [0.717, 1.165) is 5.56 Å².